The first-order chi connectivity index (χ1) is 11.0. The average Bonchev–Trinajstić information content (AvgIpc) is 2.56. The van der Waals surface area contributed by atoms with Crippen molar-refractivity contribution in [2.45, 2.75) is 20.0 Å². The minimum Gasteiger partial charge on any atom is -0.449 e. The van der Waals surface area contributed by atoms with E-state index in [1.807, 2.05) is 13.0 Å². The molecule has 0 unspecified atom stereocenters. The quantitative estimate of drug-likeness (QED) is 0.880. The van der Waals surface area contributed by atoms with Gasteiger partial charge in [0.25, 0.3) is 5.91 Å². The smallest absolute Gasteiger partial charge is 0.338 e. The molecule has 2 rings (SSSR count). The summed E-state index contributed by atoms with van der Waals surface area (Å²) in [6, 6.07) is 15.3. The maximum Gasteiger partial charge on any atom is 0.338 e. The summed E-state index contributed by atoms with van der Waals surface area (Å²) in [6.07, 6.45) is -0.931. The topological polar surface area (TPSA) is 79.2 Å². The number of hydrogen-bond acceptors (Lipinski definition) is 4. The van der Waals surface area contributed by atoms with E-state index < -0.39 is 18.0 Å². The Hall–Kier alpha value is -3.13. The molecule has 5 heteroatoms. The van der Waals surface area contributed by atoms with Crippen LogP contribution in [0.15, 0.2) is 48.5 Å². The highest BCUT2D eigenvalue weighted by Crippen LogP contribution is 2.11. The molecule has 2 aromatic carbocycles. The largest absolute Gasteiger partial charge is 0.449 e. The molecule has 0 bridgehead atoms. The molecule has 0 fully saturated rings. The standard InChI is InChI=1S/C18H16N2O3/c1-12-3-7-15(8-4-12)18(22)23-13(2)17(21)20-16-9-5-14(11-19)6-10-16/h3-10,13H,1-2H3,(H,20,21)/t13-/m1/s1. The summed E-state index contributed by atoms with van der Waals surface area (Å²) in [4.78, 5) is 24.0. The van der Waals surface area contributed by atoms with E-state index in [0.717, 1.165) is 5.56 Å². The van der Waals surface area contributed by atoms with Crippen molar-refractivity contribution >= 4 is 17.6 Å². The number of nitrogens with one attached hydrogen (secondary N) is 1. The first-order valence-corrected chi connectivity index (χ1v) is 7.08. The number of hydrogen-bond donors (Lipinski definition) is 1. The number of anilines is 1. The molecule has 0 saturated heterocycles. The van der Waals surface area contributed by atoms with Crippen molar-refractivity contribution in [3.8, 4) is 6.07 Å². The molecule has 0 aromatic heterocycles. The Balaban J connectivity index is 1.95. The lowest BCUT2D eigenvalue weighted by Gasteiger charge is -2.13. The second kappa shape index (κ2) is 7.23. The van der Waals surface area contributed by atoms with Crippen LogP contribution in [0.25, 0.3) is 0 Å². The summed E-state index contributed by atoms with van der Waals surface area (Å²) < 4.78 is 5.15. The first-order valence-electron chi connectivity index (χ1n) is 7.08. The number of carbonyl (C=O) groups is 2. The Morgan fingerprint density at radius 1 is 1.09 bits per heavy atom. The van der Waals surface area contributed by atoms with E-state index in [0.29, 0.717) is 16.8 Å². The van der Waals surface area contributed by atoms with Gasteiger partial charge in [-0.15, -0.1) is 0 Å². The number of nitrogens with zero attached hydrogens (tertiary/aromatic N) is 1. The van der Waals surface area contributed by atoms with Gasteiger partial charge in [0.15, 0.2) is 6.10 Å². The molecule has 0 aliphatic heterocycles. The van der Waals surface area contributed by atoms with Crippen molar-refractivity contribution in [2.75, 3.05) is 5.32 Å². The third kappa shape index (κ3) is 4.42. The second-order valence-electron chi connectivity index (χ2n) is 5.09. The van der Waals surface area contributed by atoms with E-state index in [9.17, 15) is 9.59 Å². The van der Waals surface area contributed by atoms with Crippen molar-refractivity contribution in [3.63, 3.8) is 0 Å². The number of ether oxygens (including phenoxy) is 1. The molecule has 0 aliphatic rings. The Morgan fingerprint density at radius 2 is 1.70 bits per heavy atom. The number of amides is 1. The number of carbonyl (C=O) groups excluding carboxylic acids is 2. The zero-order valence-electron chi connectivity index (χ0n) is 12.9. The third-order valence-electron chi connectivity index (χ3n) is 3.22. The highest BCUT2D eigenvalue weighted by atomic mass is 16.5. The molecule has 5 nitrogen and oxygen atoms in total. The lowest BCUT2D eigenvalue weighted by molar-refractivity contribution is -0.123. The monoisotopic (exact) mass is 308 g/mol. The van der Waals surface area contributed by atoms with E-state index in [1.54, 1.807) is 48.5 Å². The third-order valence-corrected chi connectivity index (χ3v) is 3.22. The van der Waals surface area contributed by atoms with Gasteiger partial charge in [0.2, 0.25) is 0 Å². The second-order valence-corrected chi connectivity index (χ2v) is 5.09. The molecule has 23 heavy (non-hydrogen) atoms. The van der Waals surface area contributed by atoms with Crippen molar-refractivity contribution in [3.05, 3.63) is 65.2 Å². The van der Waals surface area contributed by atoms with Crippen LogP contribution in [-0.4, -0.2) is 18.0 Å². The van der Waals surface area contributed by atoms with E-state index in [1.165, 1.54) is 6.92 Å². The lowest BCUT2D eigenvalue weighted by Crippen LogP contribution is -2.30. The fourth-order valence-electron chi connectivity index (χ4n) is 1.84. The number of rotatable bonds is 4. The minimum atomic E-state index is -0.931. The molecule has 2 aromatic rings. The van der Waals surface area contributed by atoms with Crippen LogP contribution in [-0.2, 0) is 9.53 Å². The van der Waals surface area contributed by atoms with Crippen molar-refractivity contribution in [1.29, 1.82) is 5.26 Å². The normalized spacial score (nSPS) is 11.2. The SMILES string of the molecule is Cc1ccc(C(=O)O[C@H](C)C(=O)Nc2ccc(C#N)cc2)cc1. The Kier molecular flexibility index (Phi) is 5.11. The molecule has 0 radical (unpaired) electrons. The van der Waals surface area contributed by atoms with Gasteiger partial charge >= 0.3 is 5.97 Å². The minimum absolute atomic E-state index is 0.397. The maximum atomic E-state index is 12.0. The molecule has 1 amide bonds. The molecule has 0 saturated carbocycles. The molecular formula is C18H16N2O3. The van der Waals surface area contributed by atoms with Crippen molar-refractivity contribution in [1.82, 2.24) is 0 Å². The van der Waals surface area contributed by atoms with Crippen molar-refractivity contribution < 1.29 is 14.3 Å². The van der Waals surface area contributed by atoms with Gasteiger partial charge in [-0.2, -0.15) is 5.26 Å². The number of benzene rings is 2. The lowest BCUT2D eigenvalue weighted by atomic mass is 10.1. The van der Waals surface area contributed by atoms with Gasteiger partial charge in [-0.05, 0) is 50.2 Å². The van der Waals surface area contributed by atoms with Crippen LogP contribution < -0.4 is 5.32 Å². The average molecular weight is 308 g/mol. The van der Waals surface area contributed by atoms with E-state index in [4.69, 9.17) is 10.00 Å². The van der Waals surface area contributed by atoms with E-state index >= 15 is 0 Å². The Labute approximate surface area is 134 Å². The molecular weight excluding hydrogens is 292 g/mol. The molecule has 0 spiro atoms. The summed E-state index contributed by atoms with van der Waals surface area (Å²) in [5, 5.41) is 11.4. The molecule has 0 aliphatic carbocycles. The van der Waals surface area contributed by atoms with E-state index in [-0.39, 0.29) is 0 Å². The van der Waals surface area contributed by atoms with Crippen LogP contribution in [0.5, 0.6) is 0 Å². The van der Waals surface area contributed by atoms with Crippen LogP contribution in [0, 0.1) is 18.3 Å². The van der Waals surface area contributed by atoms with Gasteiger partial charge < -0.3 is 10.1 Å². The Morgan fingerprint density at radius 3 is 2.26 bits per heavy atom. The first kappa shape index (κ1) is 16.2. The zero-order chi connectivity index (χ0) is 16.8. The summed E-state index contributed by atoms with van der Waals surface area (Å²) in [7, 11) is 0. The number of nitriles is 1. The fourth-order valence-corrected chi connectivity index (χ4v) is 1.84. The Bertz CT molecular complexity index is 743. The van der Waals surface area contributed by atoms with Gasteiger partial charge in [-0.3, -0.25) is 4.79 Å². The van der Waals surface area contributed by atoms with Gasteiger partial charge in [0.05, 0.1) is 17.2 Å². The molecule has 1 atom stereocenters. The van der Waals surface area contributed by atoms with Gasteiger partial charge in [0, 0.05) is 5.69 Å². The molecule has 0 heterocycles. The van der Waals surface area contributed by atoms with Crippen LogP contribution in [0.2, 0.25) is 0 Å². The molecule has 1 N–H and O–H groups in total. The number of esters is 1. The summed E-state index contributed by atoms with van der Waals surface area (Å²) >= 11 is 0. The van der Waals surface area contributed by atoms with Crippen LogP contribution in [0.3, 0.4) is 0 Å². The number of aryl methyl sites for hydroxylation is 1. The zero-order valence-corrected chi connectivity index (χ0v) is 12.9. The van der Waals surface area contributed by atoms with Crippen LogP contribution in [0.1, 0.15) is 28.4 Å². The summed E-state index contributed by atoms with van der Waals surface area (Å²) in [5.74, 6) is -0.984. The van der Waals surface area contributed by atoms with Gasteiger partial charge in [-0.1, -0.05) is 17.7 Å². The van der Waals surface area contributed by atoms with Crippen LogP contribution >= 0.6 is 0 Å². The van der Waals surface area contributed by atoms with E-state index in [2.05, 4.69) is 5.32 Å². The maximum absolute atomic E-state index is 12.0. The van der Waals surface area contributed by atoms with Crippen molar-refractivity contribution in [2.24, 2.45) is 0 Å². The van der Waals surface area contributed by atoms with Crippen LogP contribution in [0.4, 0.5) is 5.69 Å². The summed E-state index contributed by atoms with van der Waals surface area (Å²) in [5.41, 5.74) is 2.47. The summed E-state index contributed by atoms with van der Waals surface area (Å²) in [6.45, 7) is 3.42. The van der Waals surface area contributed by atoms with Gasteiger partial charge in [0.1, 0.15) is 0 Å². The van der Waals surface area contributed by atoms with Gasteiger partial charge in [-0.25, -0.2) is 4.79 Å². The predicted molar refractivity (Wildman–Crippen MR) is 85.8 cm³/mol. The highest BCUT2D eigenvalue weighted by Gasteiger charge is 2.19. The highest BCUT2D eigenvalue weighted by molar-refractivity contribution is 5.97. The predicted octanol–water partition coefficient (Wildman–Crippen LogP) is 3.05. The fraction of sp³-hybridized carbons (Fsp3) is 0.167. The molecule has 116 valence electrons.